The fourth-order valence-corrected chi connectivity index (χ4v) is 2.77. The Morgan fingerprint density at radius 3 is 2.94 bits per heavy atom. The van der Waals surface area contributed by atoms with E-state index in [0.29, 0.717) is 19.8 Å². The lowest BCUT2D eigenvalue weighted by Crippen LogP contribution is -2.21. The molecule has 0 spiro atoms. The quantitative estimate of drug-likeness (QED) is 0.845. The molecule has 3 rings (SSSR count). The van der Waals surface area contributed by atoms with Gasteiger partial charge in [-0.3, -0.25) is 0 Å². The molecule has 1 unspecified atom stereocenters. The molecule has 2 N–H and O–H groups in total. The van der Waals surface area contributed by atoms with Crippen LogP contribution >= 0.6 is 11.3 Å². The first-order valence-corrected chi connectivity index (χ1v) is 6.72. The van der Waals surface area contributed by atoms with Crippen LogP contribution < -0.4 is 5.73 Å². The Kier molecular flexibility index (Phi) is 3.27. The molecule has 2 aromatic rings. The van der Waals surface area contributed by atoms with Gasteiger partial charge in [0.05, 0.1) is 25.5 Å². The van der Waals surface area contributed by atoms with Crippen LogP contribution in [0, 0.1) is 0 Å². The molecule has 0 saturated carbocycles. The molecule has 1 saturated heterocycles. The zero-order valence-corrected chi connectivity index (χ0v) is 10.7. The largest absolute Gasteiger partial charge is 0.398 e. The number of hydrogen-bond acceptors (Lipinski definition) is 5. The Bertz CT molecular complexity index is 535. The zero-order chi connectivity index (χ0) is 12.4. The van der Waals surface area contributed by atoms with Gasteiger partial charge in [-0.15, -0.1) is 11.3 Å². The summed E-state index contributed by atoms with van der Waals surface area (Å²) >= 11 is 1.59. The average molecular weight is 262 g/mol. The van der Waals surface area contributed by atoms with Crippen LogP contribution in [-0.4, -0.2) is 24.8 Å². The number of ether oxygens (including phenoxy) is 2. The van der Waals surface area contributed by atoms with Crippen molar-refractivity contribution in [2.24, 2.45) is 0 Å². The molecule has 0 bridgehead atoms. The fourth-order valence-electron chi connectivity index (χ4n) is 1.92. The molecule has 1 aromatic carbocycles. The molecule has 0 radical (unpaired) electrons. The van der Waals surface area contributed by atoms with Crippen molar-refractivity contribution in [3.05, 3.63) is 34.7 Å². The predicted molar refractivity (Wildman–Crippen MR) is 71.5 cm³/mol. The minimum atomic E-state index is -0.0394. The molecule has 1 aromatic heterocycles. The van der Waals surface area contributed by atoms with E-state index >= 15 is 0 Å². The maximum Gasteiger partial charge on any atom is 0.132 e. The molecule has 4 nitrogen and oxygen atoms in total. The number of para-hydroxylation sites is 1. The number of thiazole rings is 1. The summed E-state index contributed by atoms with van der Waals surface area (Å²) in [5.41, 5.74) is 8.57. The lowest BCUT2D eigenvalue weighted by molar-refractivity contribution is -0.0901. The molecular weight excluding hydrogens is 248 g/mol. The van der Waals surface area contributed by atoms with Crippen LogP contribution in [0.1, 0.15) is 11.1 Å². The zero-order valence-electron chi connectivity index (χ0n) is 9.83. The van der Waals surface area contributed by atoms with Crippen LogP contribution in [0.15, 0.2) is 29.6 Å². The van der Waals surface area contributed by atoms with E-state index in [9.17, 15) is 0 Å². The fraction of sp³-hybridized carbons (Fsp3) is 0.308. The first kappa shape index (κ1) is 11.6. The third kappa shape index (κ3) is 2.25. The molecule has 5 heteroatoms. The number of aromatic nitrogens is 1. The standard InChI is InChI=1S/C13H14N2O2S/c14-10-4-2-1-3-9(10)11-8-18-13(15-11)12-7-16-5-6-17-12/h1-4,8,12H,5-7,14H2. The van der Waals surface area contributed by atoms with Gasteiger partial charge in [-0.25, -0.2) is 4.98 Å². The molecule has 0 aliphatic carbocycles. The molecule has 18 heavy (non-hydrogen) atoms. The third-order valence-corrected chi connectivity index (χ3v) is 3.79. The molecule has 2 heterocycles. The summed E-state index contributed by atoms with van der Waals surface area (Å²) in [4.78, 5) is 4.60. The number of nitrogens with two attached hydrogens (primary N) is 1. The molecular formula is C13H14N2O2S. The van der Waals surface area contributed by atoms with Crippen LogP contribution in [0.3, 0.4) is 0 Å². The number of benzene rings is 1. The molecule has 1 fully saturated rings. The molecule has 0 amide bonds. The minimum Gasteiger partial charge on any atom is -0.398 e. The number of nitrogens with zero attached hydrogens (tertiary/aromatic N) is 1. The highest BCUT2D eigenvalue weighted by Gasteiger charge is 2.20. The van der Waals surface area contributed by atoms with Gasteiger partial charge in [0.15, 0.2) is 0 Å². The predicted octanol–water partition coefficient (Wildman–Crippen LogP) is 2.48. The Hall–Kier alpha value is -1.43. The normalized spacial score (nSPS) is 19.9. The van der Waals surface area contributed by atoms with Crippen molar-refractivity contribution in [2.45, 2.75) is 6.10 Å². The van der Waals surface area contributed by atoms with E-state index < -0.39 is 0 Å². The molecule has 1 aliphatic rings. The first-order chi connectivity index (χ1) is 8.84. The van der Waals surface area contributed by atoms with E-state index in [1.807, 2.05) is 29.6 Å². The second kappa shape index (κ2) is 5.06. The summed E-state index contributed by atoms with van der Waals surface area (Å²) in [6.07, 6.45) is -0.0394. The average Bonchev–Trinajstić information content (AvgIpc) is 2.90. The summed E-state index contributed by atoms with van der Waals surface area (Å²) in [6, 6.07) is 7.75. The Balaban J connectivity index is 1.87. The van der Waals surface area contributed by atoms with Crippen molar-refractivity contribution in [3.8, 4) is 11.3 Å². The maximum atomic E-state index is 5.95. The second-order valence-electron chi connectivity index (χ2n) is 4.09. The van der Waals surface area contributed by atoms with E-state index in [2.05, 4.69) is 4.98 Å². The van der Waals surface area contributed by atoms with E-state index in [-0.39, 0.29) is 6.10 Å². The van der Waals surface area contributed by atoms with Crippen LogP contribution in [0.2, 0.25) is 0 Å². The first-order valence-electron chi connectivity index (χ1n) is 5.84. The summed E-state index contributed by atoms with van der Waals surface area (Å²) in [5, 5.41) is 2.96. The summed E-state index contributed by atoms with van der Waals surface area (Å²) in [5.74, 6) is 0. The summed E-state index contributed by atoms with van der Waals surface area (Å²) < 4.78 is 11.0. The van der Waals surface area contributed by atoms with Crippen LogP contribution in [0.25, 0.3) is 11.3 Å². The number of hydrogen-bond donors (Lipinski definition) is 1. The minimum absolute atomic E-state index is 0.0394. The van der Waals surface area contributed by atoms with Gasteiger partial charge in [-0.05, 0) is 6.07 Å². The van der Waals surface area contributed by atoms with E-state index in [1.165, 1.54) is 0 Å². The van der Waals surface area contributed by atoms with Gasteiger partial charge in [-0.2, -0.15) is 0 Å². The van der Waals surface area contributed by atoms with Gasteiger partial charge in [0, 0.05) is 16.6 Å². The molecule has 94 valence electrons. The third-order valence-electron chi connectivity index (χ3n) is 2.85. The highest BCUT2D eigenvalue weighted by atomic mass is 32.1. The van der Waals surface area contributed by atoms with Crippen LogP contribution in [0.5, 0.6) is 0 Å². The van der Waals surface area contributed by atoms with E-state index in [0.717, 1.165) is 22.0 Å². The second-order valence-corrected chi connectivity index (χ2v) is 4.98. The number of rotatable bonds is 2. The Labute approximate surface area is 109 Å². The maximum absolute atomic E-state index is 5.95. The van der Waals surface area contributed by atoms with E-state index in [1.54, 1.807) is 11.3 Å². The number of nitrogen functional groups attached to an aromatic ring is 1. The van der Waals surface area contributed by atoms with Gasteiger partial charge in [-0.1, -0.05) is 18.2 Å². The van der Waals surface area contributed by atoms with Gasteiger partial charge in [0.2, 0.25) is 0 Å². The summed E-state index contributed by atoms with van der Waals surface area (Å²) in [6.45, 7) is 1.88. The van der Waals surface area contributed by atoms with Crippen molar-refractivity contribution < 1.29 is 9.47 Å². The van der Waals surface area contributed by atoms with Gasteiger partial charge >= 0.3 is 0 Å². The Morgan fingerprint density at radius 2 is 2.17 bits per heavy atom. The summed E-state index contributed by atoms with van der Waals surface area (Å²) in [7, 11) is 0. The highest BCUT2D eigenvalue weighted by molar-refractivity contribution is 7.10. The monoisotopic (exact) mass is 262 g/mol. The Morgan fingerprint density at radius 1 is 1.28 bits per heavy atom. The van der Waals surface area contributed by atoms with E-state index in [4.69, 9.17) is 15.2 Å². The van der Waals surface area contributed by atoms with Crippen molar-refractivity contribution in [2.75, 3.05) is 25.6 Å². The highest BCUT2D eigenvalue weighted by Crippen LogP contribution is 2.31. The number of anilines is 1. The topological polar surface area (TPSA) is 57.4 Å². The lowest BCUT2D eigenvalue weighted by atomic mass is 10.1. The van der Waals surface area contributed by atoms with Crippen LogP contribution in [-0.2, 0) is 9.47 Å². The smallest absolute Gasteiger partial charge is 0.132 e. The SMILES string of the molecule is Nc1ccccc1-c1csc(C2COCCO2)n1. The van der Waals surface area contributed by atoms with Crippen molar-refractivity contribution in [1.29, 1.82) is 0 Å². The van der Waals surface area contributed by atoms with Gasteiger partial charge in [0.25, 0.3) is 0 Å². The van der Waals surface area contributed by atoms with Gasteiger partial charge < -0.3 is 15.2 Å². The van der Waals surface area contributed by atoms with Crippen LogP contribution in [0.4, 0.5) is 5.69 Å². The van der Waals surface area contributed by atoms with Crippen molar-refractivity contribution in [3.63, 3.8) is 0 Å². The van der Waals surface area contributed by atoms with Crippen molar-refractivity contribution in [1.82, 2.24) is 4.98 Å². The van der Waals surface area contributed by atoms with Crippen molar-refractivity contribution >= 4 is 17.0 Å². The lowest BCUT2D eigenvalue weighted by Gasteiger charge is -2.20. The molecule has 1 aliphatic heterocycles. The molecule has 1 atom stereocenters. The van der Waals surface area contributed by atoms with Gasteiger partial charge in [0.1, 0.15) is 11.1 Å².